The van der Waals surface area contributed by atoms with E-state index in [2.05, 4.69) is 36.2 Å². The first-order chi connectivity index (χ1) is 12.0. The maximum absolute atomic E-state index is 12.6. The van der Waals surface area contributed by atoms with E-state index in [0.717, 1.165) is 45.3 Å². The molecule has 1 saturated carbocycles. The van der Waals surface area contributed by atoms with E-state index in [1.165, 1.54) is 5.56 Å². The first-order valence-corrected chi connectivity index (χ1v) is 9.49. The normalized spacial score (nSPS) is 24.6. The van der Waals surface area contributed by atoms with Gasteiger partial charge in [0, 0.05) is 31.7 Å². The Morgan fingerprint density at radius 2 is 1.70 bits per heavy atom. The van der Waals surface area contributed by atoms with Crippen molar-refractivity contribution in [1.29, 1.82) is 0 Å². The molecule has 7 heteroatoms. The third kappa shape index (κ3) is 6.33. The number of carbonyl (C=O) groups excluding carboxylic acids is 1. The number of nitrogens with zero attached hydrogens (tertiary/aromatic N) is 1. The van der Waals surface area contributed by atoms with Gasteiger partial charge in [-0.2, -0.15) is 0 Å². The minimum Gasteiger partial charge on any atom is -0.373 e. The fraction of sp³-hybridized carbons (Fsp3) is 0.650. The van der Waals surface area contributed by atoms with Gasteiger partial charge in [-0.1, -0.05) is 25.0 Å². The summed E-state index contributed by atoms with van der Waals surface area (Å²) in [5, 5.41) is 3.18. The smallest absolute Gasteiger partial charge is 0.251 e. The molecule has 5 nitrogen and oxygen atoms in total. The van der Waals surface area contributed by atoms with Crippen LogP contribution in [0.25, 0.3) is 0 Å². The van der Waals surface area contributed by atoms with Crippen molar-refractivity contribution in [2.24, 2.45) is 5.73 Å². The van der Waals surface area contributed by atoms with Gasteiger partial charge in [0.25, 0.3) is 5.91 Å². The molecule has 1 heterocycles. The molecule has 2 fully saturated rings. The number of amides is 1. The second-order valence-electron chi connectivity index (χ2n) is 7.79. The van der Waals surface area contributed by atoms with Crippen LogP contribution in [-0.4, -0.2) is 48.2 Å². The molecule has 3 rings (SSSR count). The predicted octanol–water partition coefficient (Wildman–Crippen LogP) is 3.14. The Morgan fingerprint density at radius 1 is 1.15 bits per heavy atom. The summed E-state index contributed by atoms with van der Waals surface area (Å²) in [5.74, 6) is -0.00693. The highest BCUT2D eigenvalue weighted by molar-refractivity contribution is 5.94. The Kier molecular flexibility index (Phi) is 9.52. The zero-order valence-corrected chi connectivity index (χ0v) is 17.9. The number of halogens is 2. The Morgan fingerprint density at radius 3 is 2.22 bits per heavy atom. The van der Waals surface area contributed by atoms with Crippen molar-refractivity contribution in [2.45, 2.75) is 63.8 Å². The lowest BCUT2D eigenvalue weighted by molar-refractivity contribution is -0.0704. The molecule has 0 aromatic heterocycles. The summed E-state index contributed by atoms with van der Waals surface area (Å²) >= 11 is 0. The standard InChI is InChI=1S/C20H31N3O2.2ClH/c1-15-11-23(12-16(2)25-15)13-17-5-7-18(8-6-17)19(24)22-20(14-21)9-3-4-10-20;;/h5-8,15-16H,3-4,9-14,21H2,1-2H3,(H,22,24);2*1H. The van der Waals surface area contributed by atoms with Gasteiger partial charge in [-0.15, -0.1) is 24.8 Å². The van der Waals surface area contributed by atoms with E-state index in [1.54, 1.807) is 0 Å². The Labute approximate surface area is 175 Å². The van der Waals surface area contributed by atoms with Gasteiger partial charge in [-0.05, 0) is 44.4 Å². The Balaban J connectivity index is 0.00000182. The van der Waals surface area contributed by atoms with E-state index < -0.39 is 0 Å². The van der Waals surface area contributed by atoms with Crippen LogP contribution in [0.4, 0.5) is 0 Å². The zero-order chi connectivity index (χ0) is 17.9. The molecular formula is C20H33Cl2N3O2. The largest absolute Gasteiger partial charge is 0.373 e. The lowest BCUT2D eigenvalue weighted by Crippen LogP contribution is -2.51. The molecule has 0 spiro atoms. The molecule has 2 atom stereocenters. The topological polar surface area (TPSA) is 67.6 Å². The molecule has 1 amide bonds. The van der Waals surface area contributed by atoms with Crippen LogP contribution in [0.15, 0.2) is 24.3 Å². The van der Waals surface area contributed by atoms with E-state index in [4.69, 9.17) is 10.5 Å². The number of benzene rings is 1. The van der Waals surface area contributed by atoms with E-state index in [-0.39, 0.29) is 48.5 Å². The van der Waals surface area contributed by atoms with Crippen molar-refractivity contribution >= 4 is 30.7 Å². The first kappa shape index (κ1) is 24.2. The van der Waals surface area contributed by atoms with Crippen molar-refractivity contribution in [2.75, 3.05) is 19.6 Å². The summed E-state index contributed by atoms with van der Waals surface area (Å²) in [4.78, 5) is 15.0. The van der Waals surface area contributed by atoms with E-state index >= 15 is 0 Å². The van der Waals surface area contributed by atoms with Gasteiger partial charge in [0.15, 0.2) is 0 Å². The SMILES string of the molecule is CC1CN(Cc2ccc(C(=O)NC3(CN)CCCC3)cc2)CC(C)O1.Cl.Cl. The van der Waals surface area contributed by atoms with Gasteiger partial charge in [0.2, 0.25) is 0 Å². The quantitative estimate of drug-likeness (QED) is 0.771. The molecule has 1 aromatic rings. The number of nitrogens with one attached hydrogen (secondary N) is 1. The summed E-state index contributed by atoms with van der Waals surface area (Å²) in [6.45, 7) is 7.55. The maximum atomic E-state index is 12.6. The summed E-state index contributed by atoms with van der Waals surface area (Å²) in [6.07, 6.45) is 4.81. The third-order valence-corrected chi connectivity index (χ3v) is 5.45. The van der Waals surface area contributed by atoms with Crippen molar-refractivity contribution in [3.63, 3.8) is 0 Å². The number of rotatable bonds is 5. The fourth-order valence-electron chi connectivity index (χ4n) is 4.18. The van der Waals surface area contributed by atoms with Crippen LogP contribution in [0.2, 0.25) is 0 Å². The summed E-state index contributed by atoms with van der Waals surface area (Å²) in [7, 11) is 0. The second-order valence-corrected chi connectivity index (χ2v) is 7.79. The molecule has 0 bridgehead atoms. The van der Waals surface area contributed by atoms with Crippen molar-refractivity contribution in [1.82, 2.24) is 10.2 Å². The Hall–Kier alpha value is -0.850. The molecule has 1 aliphatic carbocycles. The van der Waals surface area contributed by atoms with Gasteiger partial charge in [0.05, 0.1) is 17.7 Å². The third-order valence-electron chi connectivity index (χ3n) is 5.45. The monoisotopic (exact) mass is 417 g/mol. The van der Waals surface area contributed by atoms with Gasteiger partial charge < -0.3 is 15.8 Å². The van der Waals surface area contributed by atoms with Crippen LogP contribution in [-0.2, 0) is 11.3 Å². The number of ether oxygens (including phenoxy) is 1. The number of nitrogens with two attached hydrogens (primary N) is 1. The zero-order valence-electron chi connectivity index (χ0n) is 16.3. The van der Waals surface area contributed by atoms with Crippen LogP contribution >= 0.6 is 24.8 Å². The molecular weight excluding hydrogens is 385 g/mol. The average Bonchev–Trinajstić information content (AvgIpc) is 3.03. The lowest BCUT2D eigenvalue weighted by atomic mass is 9.97. The van der Waals surface area contributed by atoms with Crippen LogP contribution in [0, 0.1) is 0 Å². The van der Waals surface area contributed by atoms with Gasteiger partial charge >= 0.3 is 0 Å². The van der Waals surface area contributed by atoms with Crippen molar-refractivity contribution < 1.29 is 9.53 Å². The van der Waals surface area contributed by atoms with E-state index in [9.17, 15) is 4.79 Å². The average molecular weight is 418 g/mol. The maximum Gasteiger partial charge on any atom is 0.251 e. The van der Waals surface area contributed by atoms with Crippen LogP contribution in [0.1, 0.15) is 55.5 Å². The van der Waals surface area contributed by atoms with Crippen LogP contribution in [0.3, 0.4) is 0 Å². The summed E-state index contributed by atoms with van der Waals surface area (Å²) in [6, 6.07) is 7.97. The minimum atomic E-state index is -0.199. The molecule has 1 aromatic carbocycles. The highest BCUT2D eigenvalue weighted by Crippen LogP contribution is 2.29. The van der Waals surface area contributed by atoms with Gasteiger partial charge in [-0.3, -0.25) is 9.69 Å². The lowest BCUT2D eigenvalue weighted by Gasteiger charge is -2.35. The van der Waals surface area contributed by atoms with Crippen LogP contribution < -0.4 is 11.1 Å². The molecule has 154 valence electrons. The molecule has 1 saturated heterocycles. The highest BCUT2D eigenvalue weighted by Gasteiger charge is 2.34. The highest BCUT2D eigenvalue weighted by atomic mass is 35.5. The summed E-state index contributed by atoms with van der Waals surface area (Å²) < 4.78 is 5.78. The van der Waals surface area contributed by atoms with Crippen molar-refractivity contribution in [3.05, 3.63) is 35.4 Å². The van der Waals surface area contributed by atoms with E-state index in [0.29, 0.717) is 12.1 Å². The van der Waals surface area contributed by atoms with Gasteiger partial charge in [-0.25, -0.2) is 0 Å². The molecule has 27 heavy (non-hydrogen) atoms. The fourth-order valence-corrected chi connectivity index (χ4v) is 4.18. The number of hydrogen-bond donors (Lipinski definition) is 2. The number of hydrogen-bond acceptors (Lipinski definition) is 4. The molecule has 0 radical (unpaired) electrons. The molecule has 3 N–H and O–H groups in total. The Bertz CT molecular complexity index is 581. The first-order valence-electron chi connectivity index (χ1n) is 9.49. The van der Waals surface area contributed by atoms with Gasteiger partial charge in [0.1, 0.15) is 0 Å². The second kappa shape index (κ2) is 10.6. The predicted molar refractivity (Wildman–Crippen MR) is 114 cm³/mol. The summed E-state index contributed by atoms with van der Waals surface area (Å²) in [5.41, 5.74) is 7.66. The minimum absolute atomic E-state index is 0. The number of morpholine rings is 1. The molecule has 2 aliphatic rings. The molecule has 2 unspecified atom stereocenters. The molecule has 1 aliphatic heterocycles. The number of carbonyl (C=O) groups is 1. The van der Waals surface area contributed by atoms with E-state index in [1.807, 2.05) is 12.1 Å². The van der Waals surface area contributed by atoms with Crippen molar-refractivity contribution in [3.8, 4) is 0 Å². The van der Waals surface area contributed by atoms with Crippen LogP contribution in [0.5, 0.6) is 0 Å².